The summed E-state index contributed by atoms with van der Waals surface area (Å²) in [6, 6.07) is 4.82. The number of carbonyl (C=O) groups excluding carboxylic acids is 1. The Morgan fingerprint density at radius 3 is 2.72 bits per heavy atom. The van der Waals surface area contributed by atoms with E-state index in [-0.39, 0.29) is 17.8 Å². The summed E-state index contributed by atoms with van der Waals surface area (Å²) >= 11 is 1.82. The lowest BCUT2D eigenvalue weighted by molar-refractivity contribution is -0.130. The van der Waals surface area contributed by atoms with Crippen molar-refractivity contribution in [2.24, 2.45) is 21.8 Å². The number of amidine groups is 1. The van der Waals surface area contributed by atoms with Gasteiger partial charge in [-0.3, -0.25) is 9.79 Å². The van der Waals surface area contributed by atoms with Crippen LogP contribution in [0.4, 0.5) is 4.39 Å². The molecule has 1 amide bonds. The van der Waals surface area contributed by atoms with Gasteiger partial charge in [0.05, 0.1) is 30.9 Å². The minimum atomic E-state index is -0.222. The SMILES string of the molecule is Cc1cc(C2=NC(CC(=O)N3CC4=C(C3)SC(C)N4)C(C3CCC(C)CC3)=N2)ccc1F. The van der Waals surface area contributed by atoms with Crippen LogP contribution >= 0.6 is 11.8 Å². The van der Waals surface area contributed by atoms with E-state index in [2.05, 4.69) is 19.2 Å². The Morgan fingerprint density at radius 1 is 1.22 bits per heavy atom. The van der Waals surface area contributed by atoms with Crippen LogP contribution in [0.25, 0.3) is 0 Å². The third-order valence-electron chi connectivity index (χ3n) is 7.14. The first-order valence-corrected chi connectivity index (χ1v) is 12.6. The third kappa shape index (κ3) is 4.24. The van der Waals surface area contributed by atoms with E-state index in [1.807, 2.05) is 16.7 Å². The summed E-state index contributed by atoms with van der Waals surface area (Å²) < 4.78 is 13.8. The normalized spacial score (nSPS) is 29.7. The molecular weight excluding hydrogens is 423 g/mol. The highest BCUT2D eigenvalue weighted by Crippen LogP contribution is 2.36. The fraction of sp³-hybridized carbons (Fsp3) is 0.560. The van der Waals surface area contributed by atoms with Crippen molar-refractivity contribution < 1.29 is 9.18 Å². The lowest BCUT2D eigenvalue weighted by Gasteiger charge is -2.28. The predicted octanol–water partition coefficient (Wildman–Crippen LogP) is 4.66. The van der Waals surface area contributed by atoms with E-state index in [0.29, 0.717) is 42.2 Å². The molecule has 1 saturated carbocycles. The molecule has 7 heteroatoms. The molecule has 32 heavy (non-hydrogen) atoms. The van der Waals surface area contributed by atoms with Crippen LogP contribution in [0.5, 0.6) is 0 Å². The van der Waals surface area contributed by atoms with Crippen molar-refractivity contribution in [2.75, 3.05) is 13.1 Å². The summed E-state index contributed by atoms with van der Waals surface area (Å²) in [7, 11) is 0. The summed E-state index contributed by atoms with van der Waals surface area (Å²) in [5, 5.41) is 3.86. The maximum absolute atomic E-state index is 13.8. The van der Waals surface area contributed by atoms with Gasteiger partial charge in [0.25, 0.3) is 0 Å². The van der Waals surface area contributed by atoms with Gasteiger partial charge in [-0.15, -0.1) is 11.8 Å². The molecule has 0 spiro atoms. The second-order valence-corrected chi connectivity index (χ2v) is 11.1. The Hall–Kier alpha value is -2.15. The van der Waals surface area contributed by atoms with Gasteiger partial charge in [0.15, 0.2) is 5.84 Å². The molecule has 1 aromatic rings. The number of amides is 1. The molecule has 2 atom stereocenters. The highest BCUT2D eigenvalue weighted by atomic mass is 32.2. The summed E-state index contributed by atoms with van der Waals surface area (Å²) in [5.41, 5.74) is 3.67. The van der Waals surface area contributed by atoms with Crippen molar-refractivity contribution in [3.05, 3.63) is 45.7 Å². The zero-order valence-electron chi connectivity index (χ0n) is 19.0. The van der Waals surface area contributed by atoms with Gasteiger partial charge in [0.1, 0.15) is 5.82 Å². The average Bonchev–Trinajstić information content (AvgIpc) is 3.44. The van der Waals surface area contributed by atoms with Gasteiger partial charge in [-0.05, 0) is 62.3 Å². The number of carbonyl (C=O) groups is 1. The zero-order chi connectivity index (χ0) is 22.4. The molecular formula is C25H31FN4OS. The Balaban J connectivity index is 1.34. The third-order valence-corrected chi connectivity index (χ3v) is 8.27. The molecule has 5 rings (SSSR count). The van der Waals surface area contributed by atoms with Gasteiger partial charge in [0, 0.05) is 21.9 Å². The van der Waals surface area contributed by atoms with Crippen LogP contribution in [-0.2, 0) is 4.79 Å². The van der Waals surface area contributed by atoms with E-state index >= 15 is 0 Å². The van der Waals surface area contributed by atoms with Crippen LogP contribution in [-0.4, -0.2) is 46.9 Å². The van der Waals surface area contributed by atoms with E-state index in [4.69, 9.17) is 9.98 Å². The molecule has 2 unspecified atom stereocenters. The van der Waals surface area contributed by atoms with Crippen LogP contribution < -0.4 is 5.32 Å². The smallest absolute Gasteiger partial charge is 0.225 e. The Morgan fingerprint density at radius 2 is 2.00 bits per heavy atom. The molecule has 1 aliphatic carbocycles. The number of hydrogen-bond acceptors (Lipinski definition) is 5. The van der Waals surface area contributed by atoms with Crippen LogP contribution in [0.3, 0.4) is 0 Å². The molecule has 0 saturated heterocycles. The molecule has 170 valence electrons. The number of nitrogens with one attached hydrogen (secondary N) is 1. The van der Waals surface area contributed by atoms with Crippen LogP contribution in [0, 0.1) is 24.6 Å². The highest BCUT2D eigenvalue weighted by Gasteiger charge is 2.37. The van der Waals surface area contributed by atoms with Crippen LogP contribution in [0.1, 0.15) is 57.1 Å². The first-order valence-electron chi connectivity index (χ1n) is 11.7. The van der Waals surface area contributed by atoms with Gasteiger partial charge in [-0.1, -0.05) is 19.8 Å². The zero-order valence-corrected chi connectivity index (χ0v) is 19.8. The lowest BCUT2D eigenvalue weighted by atomic mass is 9.78. The van der Waals surface area contributed by atoms with Gasteiger partial charge >= 0.3 is 0 Å². The number of benzene rings is 1. The monoisotopic (exact) mass is 454 g/mol. The quantitative estimate of drug-likeness (QED) is 0.720. The number of rotatable bonds is 4. The second kappa shape index (κ2) is 8.65. The maximum atomic E-state index is 13.8. The number of hydrogen-bond donors (Lipinski definition) is 1. The maximum Gasteiger partial charge on any atom is 0.225 e. The first kappa shape index (κ1) is 21.7. The van der Waals surface area contributed by atoms with Gasteiger partial charge < -0.3 is 10.2 Å². The molecule has 3 heterocycles. The van der Waals surface area contributed by atoms with E-state index in [1.165, 1.54) is 29.5 Å². The molecule has 1 aromatic carbocycles. The molecule has 5 nitrogen and oxygen atoms in total. The molecule has 0 radical (unpaired) electrons. The lowest BCUT2D eigenvalue weighted by Crippen LogP contribution is -2.37. The van der Waals surface area contributed by atoms with E-state index in [1.54, 1.807) is 19.1 Å². The molecule has 1 fully saturated rings. The van der Waals surface area contributed by atoms with Crippen molar-refractivity contribution in [3.8, 4) is 0 Å². The number of halogens is 1. The van der Waals surface area contributed by atoms with E-state index < -0.39 is 0 Å². The molecule has 0 aromatic heterocycles. The number of nitrogens with zero attached hydrogens (tertiary/aromatic N) is 3. The fourth-order valence-electron chi connectivity index (χ4n) is 5.23. The summed E-state index contributed by atoms with van der Waals surface area (Å²) in [5.74, 6) is 1.69. The van der Waals surface area contributed by atoms with Crippen LogP contribution in [0.2, 0.25) is 0 Å². The minimum absolute atomic E-state index is 0.136. The van der Waals surface area contributed by atoms with Crippen LogP contribution in [0.15, 0.2) is 38.8 Å². The average molecular weight is 455 g/mol. The molecule has 3 aliphatic heterocycles. The summed E-state index contributed by atoms with van der Waals surface area (Å²) in [6.45, 7) is 7.58. The Labute approximate surface area is 193 Å². The van der Waals surface area contributed by atoms with Crippen molar-refractivity contribution in [1.82, 2.24) is 10.2 Å². The van der Waals surface area contributed by atoms with E-state index in [0.717, 1.165) is 30.0 Å². The summed E-state index contributed by atoms with van der Waals surface area (Å²) in [6.07, 6.45) is 4.95. The Bertz CT molecular complexity index is 1010. The van der Waals surface area contributed by atoms with Crippen molar-refractivity contribution in [2.45, 2.75) is 64.3 Å². The van der Waals surface area contributed by atoms with Gasteiger partial charge in [-0.2, -0.15) is 0 Å². The standard InChI is InChI=1S/C25H31FN4OS/c1-14-4-6-17(7-5-14)24-20(28-25(29-24)18-8-9-19(26)15(2)10-18)11-23(31)30-12-21-22(13-30)32-16(3)27-21/h8-10,14,16-17,20,27H,4-7,11-13H2,1-3H3. The molecule has 4 aliphatic rings. The Kier molecular flexibility index (Phi) is 5.86. The van der Waals surface area contributed by atoms with Gasteiger partial charge in [0.2, 0.25) is 5.91 Å². The van der Waals surface area contributed by atoms with Gasteiger partial charge in [-0.25, -0.2) is 9.38 Å². The molecule has 1 N–H and O–H groups in total. The topological polar surface area (TPSA) is 57.1 Å². The summed E-state index contributed by atoms with van der Waals surface area (Å²) in [4.78, 5) is 26.3. The molecule has 0 bridgehead atoms. The number of aryl methyl sites for hydroxylation is 1. The van der Waals surface area contributed by atoms with Crippen molar-refractivity contribution in [3.63, 3.8) is 0 Å². The first-order chi connectivity index (χ1) is 15.4. The fourth-order valence-corrected chi connectivity index (χ4v) is 6.35. The van der Waals surface area contributed by atoms with Crippen molar-refractivity contribution in [1.29, 1.82) is 0 Å². The number of aliphatic imine (C=N–C) groups is 2. The largest absolute Gasteiger partial charge is 0.374 e. The van der Waals surface area contributed by atoms with Crippen molar-refractivity contribution >= 4 is 29.2 Å². The highest BCUT2D eigenvalue weighted by molar-refractivity contribution is 8.03. The number of thioether (sulfide) groups is 1. The predicted molar refractivity (Wildman–Crippen MR) is 128 cm³/mol. The minimum Gasteiger partial charge on any atom is -0.374 e. The van der Waals surface area contributed by atoms with E-state index in [9.17, 15) is 9.18 Å². The second-order valence-electron chi connectivity index (χ2n) is 9.69.